The molecule has 1 N–H and O–H groups in total. The summed E-state index contributed by atoms with van der Waals surface area (Å²) in [6, 6.07) is 12.3. The maximum absolute atomic E-state index is 12.6. The topological polar surface area (TPSA) is 65.5 Å². The van der Waals surface area contributed by atoms with Gasteiger partial charge in [-0.25, -0.2) is 0 Å². The molecule has 3 fully saturated rings. The largest absolute Gasteiger partial charge is 0.369 e. The molecule has 0 atom stereocenters. The SMILES string of the molecule is O=C(Nc1ccc(C2CCN(C(=O)CC3CCCC3)CC2)cc1)C1CN(c2cccnc2)C1. The number of nitrogens with zero attached hydrogens (tertiary/aromatic N) is 3. The monoisotopic (exact) mass is 446 g/mol. The second kappa shape index (κ2) is 9.94. The summed E-state index contributed by atoms with van der Waals surface area (Å²) in [4.78, 5) is 33.6. The summed E-state index contributed by atoms with van der Waals surface area (Å²) in [6.07, 6.45) is 11.4. The molecule has 2 aliphatic heterocycles. The number of nitrogens with one attached hydrogen (secondary N) is 1. The van der Waals surface area contributed by atoms with Crippen molar-refractivity contribution in [3.63, 3.8) is 0 Å². The summed E-state index contributed by atoms with van der Waals surface area (Å²) in [7, 11) is 0. The van der Waals surface area contributed by atoms with Crippen LogP contribution < -0.4 is 10.2 Å². The Bertz CT molecular complexity index is 942. The van der Waals surface area contributed by atoms with E-state index in [9.17, 15) is 9.59 Å². The first-order valence-corrected chi connectivity index (χ1v) is 12.5. The highest BCUT2D eigenvalue weighted by Crippen LogP contribution is 2.32. The Morgan fingerprint density at radius 3 is 2.36 bits per heavy atom. The Morgan fingerprint density at radius 2 is 1.70 bits per heavy atom. The fourth-order valence-corrected chi connectivity index (χ4v) is 5.53. The molecule has 0 unspecified atom stereocenters. The highest BCUT2D eigenvalue weighted by molar-refractivity contribution is 5.94. The van der Waals surface area contributed by atoms with Crippen molar-refractivity contribution < 1.29 is 9.59 Å². The number of piperidine rings is 1. The van der Waals surface area contributed by atoms with E-state index in [1.165, 1.54) is 31.2 Å². The van der Waals surface area contributed by atoms with Crippen LogP contribution in [0.15, 0.2) is 48.8 Å². The van der Waals surface area contributed by atoms with Crippen molar-refractivity contribution in [1.82, 2.24) is 9.88 Å². The van der Waals surface area contributed by atoms with Gasteiger partial charge >= 0.3 is 0 Å². The molecule has 6 heteroatoms. The number of hydrogen-bond acceptors (Lipinski definition) is 4. The number of aromatic nitrogens is 1. The summed E-state index contributed by atoms with van der Waals surface area (Å²) in [5, 5.41) is 3.07. The Balaban J connectivity index is 1.07. The Hall–Kier alpha value is -2.89. The Labute approximate surface area is 196 Å². The molecule has 0 bridgehead atoms. The third kappa shape index (κ3) is 5.21. The van der Waals surface area contributed by atoms with Crippen LogP contribution in [0.3, 0.4) is 0 Å². The Kier molecular flexibility index (Phi) is 6.60. The molecule has 2 aromatic rings. The molecular weight excluding hydrogens is 412 g/mol. The van der Waals surface area contributed by atoms with Gasteiger partial charge < -0.3 is 15.1 Å². The molecule has 3 heterocycles. The number of amides is 2. The predicted molar refractivity (Wildman–Crippen MR) is 130 cm³/mol. The smallest absolute Gasteiger partial charge is 0.231 e. The molecule has 6 nitrogen and oxygen atoms in total. The molecule has 1 aromatic carbocycles. The number of anilines is 2. The minimum atomic E-state index is 0.0102. The van der Waals surface area contributed by atoms with E-state index in [4.69, 9.17) is 0 Å². The quantitative estimate of drug-likeness (QED) is 0.712. The van der Waals surface area contributed by atoms with E-state index in [1.54, 1.807) is 6.20 Å². The van der Waals surface area contributed by atoms with Crippen LogP contribution in [0.5, 0.6) is 0 Å². The first-order valence-electron chi connectivity index (χ1n) is 12.5. The molecule has 0 radical (unpaired) electrons. The van der Waals surface area contributed by atoms with Crippen molar-refractivity contribution in [3.05, 3.63) is 54.4 Å². The average Bonchev–Trinajstić information content (AvgIpc) is 3.32. The van der Waals surface area contributed by atoms with Crippen LogP contribution in [0.1, 0.15) is 56.4 Å². The van der Waals surface area contributed by atoms with Gasteiger partial charge in [0.15, 0.2) is 0 Å². The van der Waals surface area contributed by atoms with Crippen LogP contribution in [0.25, 0.3) is 0 Å². The number of carbonyl (C=O) groups excluding carboxylic acids is 2. The molecule has 174 valence electrons. The number of likely N-dealkylation sites (tertiary alicyclic amines) is 1. The fourth-order valence-electron chi connectivity index (χ4n) is 5.53. The van der Waals surface area contributed by atoms with Gasteiger partial charge in [-0.2, -0.15) is 0 Å². The van der Waals surface area contributed by atoms with Crippen LogP contribution in [0, 0.1) is 11.8 Å². The maximum atomic E-state index is 12.6. The lowest BCUT2D eigenvalue weighted by Crippen LogP contribution is -2.52. The third-order valence-electron chi connectivity index (χ3n) is 7.70. The fraction of sp³-hybridized carbons (Fsp3) is 0.519. The average molecular weight is 447 g/mol. The molecule has 2 saturated heterocycles. The molecule has 0 spiro atoms. The van der Waals surface area contributed by atoms with Crippen LogP contribution in [0.2, 0.25) is 0 Å². The second-order valence-corrected chi connectivity index (χ2v) is 9.93. The lowest BCUT2D eigenvalue weighted by Gasteiger charge is -2.39. The number of benzene rings is 1. The zero-order valence-electron chi connectivity index (χ0n) is 19.3. The summed E-state index contributed by atoms with van der Waals surface area (Å²) in [5.41, 5.74) is 3.23. The van der Waals surface area contributed by atoms with E-state index in [2.05, 4.69) is 32.2 Å². The minimum absolute atomic E-state index is 0.0102. The van der Waals surface area contributed by atoms with Gasteiger partial charge in [0.05, 0.1) is 17.8 Å². The van der Waals surface area contributed by atoms with Gasteiger partial charge in [0.1, 0.15) is 0 Å². The van der Waals surface area contributed by atoms with Crippen LogP contribution in [-0.4, -0.2) is 47.9 Å². The zero-order chi connectivity index (χ0) is 22.6. The predicted octanol–water partition coefficient (Wildman–Crippen LogP) is 4.44. The van der Waals surface area contributed by atoms with Gasteiger partial charge in [-0.05, 0) is 67.3 Å². The number of carbonyl (C=O) groups is 2. The molecule has 5 rings (SSSR count). The normalized spacial score (nSPS) is 20.0. The maximum Gasteiger partial charge on any atom is 0.231 e. The number of pyridine rings is 1. The van der Waals surface area contributed by atoms with Crippen LogP contribution in [0.4, 0.5) is 11.4 Å². The van der Waals surface area contributed by atoms with Gasteiger partial charge in [0.25, 0.3) is 0 Å². The van der Waals surface area contributed by atoms with Crippen molar-refractivity contribution in [3.8, 4) is 0 Å². The van der Waals surface area contributed by atoms with Crippen LogP contribution in [-0.2, 0) is 9.59 Å². The Morgan fingerprint density at radius 1 is 0.970 bits per heavy atom. The molecule has 2 amide bonds. The zero-order valence-corrected chi connectivity index (χ0v) is 19.3. The lowest BCUT2D eigenvalue weighted by molar-refractivity contribution is -0.133. The van der Waals surface area contributed by atoms with E-state index >= 15 is 0 Å². The van der Waals surface area contributed by atoms with E-state index in [1.807, 2.05) is 30.5 Å². The first-order chi connectivity index (χ1) is 16.2. The van der Waals surface area contributed by atoms with Gasteiger partial charge in [-0.15, -0.1) is 0 Å². The lowest BCUT2D eigenvalue weighted by atomic mass is 9.89. The highest BCUT2D eigenvalue weighted by Gasteiger charge is 2.33. The summed E-state index contributed by atoms with van der Waals surface area (Å²) in [5.74, 6) is 1.56. The molecule has 1 aromatic heterocycles. The molecule has 1 saturated carbocycles. The number of hydrogen-bond donors (Lipinski definition) is 1. The van der Waals surface area contributed by atoms with E-state index in [-0.39, 0.29) is 11.8 Å². The first kappa shape index (κ1) is 21.9. The van der Waals surface area contributed by atoms with Gasteiger partial charge in [0.2, 0.25) is 11.8 Å². The van der Waals surface area contributed by atoms with Crippen molar-refractivity contribution in [2.45, 2.75) is 50.9 Å². The molecule has 33 heavy (non-hydrogen) atoms. The van der Waals surface area contributed by atoms with Gasteiger partial charge in [-0.3, -0.25) is 14.6 Å². The van der Waals surface area contributed by atoms with Crippen molar-refractivity contribution in [2.75, 3.05) is 36.4 Å². The summed E-state index contributed by atoms with van der Waals surface area (Å²) in [6.45, 7) is 3.19. The van der Waals surface area contributed by atoms with Gasteiger partial charge in [-0.1, -0.05) is 25.0 Å². The summed E-state index contributed by atoms with van der Waals surface area (Å²) < 4.78 is 0. The highest BCUT2D eigenvalue weighted by atomic mass is 16.2. The molecule has 3 aliphatic rings. The summed E-state index contributed by atoms with van der Waals surface area (Å²) >= 11 is 0. The van der Waals surface area contributed by atoms with Gasteiger partial charge in [0, 0.05) is 44.5 Å². The third-order valence-corrected chi connectivity index (χ3v) is 7.70. The van der Waals surface area contributed by atoms with E-state index in [0.717, 1.165) is 56.8 Å². The van der Waals surface area contributed by atoms with Crippen molar-refractivity contribution >= 4 is 23.2 Å². The number of rotatable bonds is 6. The molecule has 1 aliphatic carbocycles. The van der Waals surface area contributed by atoms with Crippen LogP contribution >= 0.6 is 0 Å². The standard InChI is InChI=1S/C27H34N4O2/c32-26(16-20-4-1-2-5-20)30-14-11-22(12-15-30)21-7-9-24(10-8-21)29-27(33)23-18-31(19-23)25-6-3-13-28-17-25/h3,6-10,13,17,20,22-23H,1-2,4-5,11-12,14-16,18-19H2,(H,29,33). The van der Waals surface area contributed by atoms with E-state index < -0.39 is 0 Å². The van der Waals surface area contributed by atoms with E-state index in [0.29, 0.717) is 17.7 Å². The van der Waals surface area contributed by atoms with Crippen molar-refractivity contribution in [1.29, 1.82) is 0 Å². The molecular formula is C27H34N4O2. The van der Waals surface area contributed by atoms with Crippen molar-refractivity contribution in [2.24, 2.45) is 11.8 Å². The minimum Gasteiger partial charge on any atom is -0.369 e. The second-order valence-electron chi connectivity index (χ2n) is 9.93.